The fourth-order valence-electron chi connectivity index (χ4n) is 7.23. The minimum Gasteiger partial charge on any atom is -0.495 e. The van der Waals surface area contributed by atoms with E-state index in [2.05, 4.69) is 16.0 Å². The van der Waals surface area contributed by atoms with E-state index in [-0.39, 0.29) is 52.6 Å². The highest BCUT2D eigenvalue weighted by Crippen LogP contribution is 2.57. The Bertz CT molecular complexity index is 1940. The molecule has 13 nitrogen and oxygen atoms in total. The molecule has 2 aliphatic rings. The SMILES string of the molecule is CCC(OC(=O)OCCOCCOC)OC(=O)c1ccc(NC(=O)[C@@H]2N[C@@H](CC(C)(C)C)C3(C(=O)Nc4cc(Cl)ccc43)[C@H]2c2cccc(Cl)c2F)c(OC)c1. The molecule has 0 aromatic heterocycles. The molecule has 16 heteroatoms. The van der Waals surface area contributed by atoms with Crippen LogP contribution >= 0.6 is 23.2 Å². The van der Waals surface area contributed by atoms with Gasteiger partial charge >= 0.3 is 12.1 Å². The van der Waals surface area contributed by atoms with Gasteiger partial charge in [0.2, 0.25) is 11.8 Å². The molecule has 0 radical (unpaired) electrons. The van der Waals surface area contributed by atoms with Crippen molar-refractivity contribution in [3.63, 3.8) is 0 Å². The van der Waals surface area contributed by atoms with Crippen LogP contribution in [-0.4, -0.2) is 83.0 Å². The molecular weight excluding hydrogens is 772 g/mol. The van der Waals surface area contributed by atoms with Gasteiger partial charge in [-0.2, -0.15) is 0 Å². The van der Waals surface area contributed by atoms with E-state index in [1.165, 1.54) is 44.6 Å². The monoisotopic (exact) mass is 817 g/mol. The van der Waals surface area contributed by atoms with E-state index in [4.69, 9.17) is 51.6 Å². The van der Waals surface area contributed by atoms with Crippen molar-refractivity contribution >= 4 is 58.5 Å². The lowest BCUT2D eigenvalue weighted by Crippen LogP contribution is -2.49. The Morgan fingerprint density at radius 3 is 2.43 bits per heavy atom. The van der Waals surface area contributed by atoms with Gasteiger partial charge in [-0.15, -0.1) is 0 Å². The van der Waals surface area contributed by atoms with Gasteiger partial charge in [-0.25, -0.2) is 14.0 Å². The summed E-state index contributed by atoms with van der Waals surface area (Å²) in [6.07, 6.45) is -1.74. The molecule has 2 aliphatic heterocycles. The van der Waals surface area contributed by atoms with Crippen molar-refractivity contribution in [1.29, 1.82) is 0 Å². The molecule has 2 heterocycles. The lowest BCUT2D eigenvalue weighted by atomic mass is 9.62. The summed E-state index contributed by atoms with van der Waals surface area (Å²) in [6.45, 7) is 8.47. The Morgan fingerprint density at radius 1 is 0.982 bits per heavy atom. The number of esters is 1. The summed E-state index contributed by atoms with van der Waals surface area (Å²) >= 11 is 12.7. The van der Waals surface area contributed by atoms with E-state index < -0.39 is 59.5 Å². The van der Waals surface area contributed by atoms with Crippen molar-refractivity contribution in [1.82, 2.24) is 5.32 Å². The summed E-state index contributed by atoms with van der Waals surface area (Å²) in [5.41, 5.74) is -0.464. The molecule has 1 saturated heterocycles. The number of anilines is 2. The van der Waals surface area contributed by atoms with Crippen LogP contribution in [0.15, 0.2) is 54.6 Å². The zero-order valence-electron chi connectivity index (χ0n) is 32.0. The summed E-state index contributed by atoms with van der Waals surface area (Å²) in [7, 11) is 2.89. The number of nitrogens with one attached hydrogen (secondary N) is 3. The molecule has 0 bridgehead atoms. The summed E-state index contributed by atoms with van der Waals surface area (Å²) in [5, 5.41) is 9.48. The van der Waals surface area contributed by atoms with Gasteiger partial charge in [0.25, 0.3) is 6.29 Å². The summed E-state index contributed by atoms with van der Waals surface area (Å²) in [4.78, 5) is 54.3. The third-order valence-corrected chi connectivity index (χ3v) is 10.1. The maximum atomic E-state index is 16.2. The maximum Gasteiger partial charge on any atom is 0.511 e. The van der Waals surface area contributed by atoms with Crippen LogP contribution in [0.3, 0.4) is 0 Å². The highest BCUT2D eigenvalue weighted by Gasteiger charge is 2.66. The molecule has 3 N–H and O–H groups in total. The van der Waals surface area contributed by atoms with Crippen molar-refractivity contribution in [2.75, 3.05) is 51.3 Å². The normalized spacial score (nSPS) is 20.6. The van der Waals surface area contributed by atoms with Crippen molar-refractivity contribution in [2.24, 2.45) is 5.41 Å². The zero-order chi connectivity index (χ0) is 40.8. The second-order valence-electron chi connectivity index (χ2n) is 14.6. The standard InChI is InChI=1S/C40H46Cl2FN3O10/c1-7-31(56-38(50)54-18-17-53-16-15-51-5)55-36(48)22-11-14-27(29(19-22)52-6)44-35(47)34-32(24-9-8-10-26(42)33(24)43)40(30(46-34)21-39(2,3)4)25-13-12-23(41)20-28(25)45-37(40)49/h8-14,19-20,30-32,34,46H,7,15-18,21H2,1-6H3,(H,44,47)(H,45,49)/t30-,31?,32-,34+,40?/m0/s1. The van der Waals surface area contributed by atoms with E-state index in [0.29, 0.717) is 35.9 Å². The van der Waals surface area contributed by atoms with Crippen LogP contribution in [0.2, 0.25) is 10.0 Å². The Balaban J connectivity index is 1.41. The molecule has 1 spiro atoms. The Hall–Kier alpha value is -4.47. The van der Waals surface area contributed by atoms with Gasteiger partial charge in [0.1, 0.15) is 23.6 Å². The van der Waals surface area contributed by atoms with E-state index in [0.717, 1.165) is 0 Å². The quantitative estimate of drug-likeness (QED) is 0.0807. The van der Waals surface area contributed by atoms with E-state index in [9.17, 15) is 19.2 Å². The summed E-state index contributed by atoms with van der Waals surface area (Å²) < 4.78 is 47.3. The van der Waals surface area contributed by atoms with Crippen LogP contribution in [0.1, 0.15) is 67.9 Å². The average molecular weight is 819 g/mol. The number of hydrogen-bond acceptors (Lipinski definition) is 11. The topological polar surface area (TPSA) is 160 Å². The number of methoxy groups -OCH3 is 2. The molecule has 0 aliphatic carbocycles. The first-order valence-corrected chi connectivity index (χ1v) is 18.8. The Labute approximate surface area is 334 Å². The van der Waals surface area contributed by atoms with Crippen LogP contribution in [0.4, 0.5) is 20.6 Å². The van der Waals surface area contributed by atoms with Gasteiger partial charge in [-0.1, -0.05) is 69.1 Å². The van der Waals surface area contributed by atoms with Crippen molar-refractivity contribution < 1.29 is 52.0 Å². The molecule has 2 unspecified atom stereocenters. The van der Waals surface area contributed by atoms with Crippen LogP contribution in [0, 0.1) is 11.2 Å². The second kappa shape index (κ2) is 18.2. The molecule has 56 heavy (non-hydrogen) atoms. The van der Waals surface area contributed by atoms with Gasteiger partial charge in [-0.3, -0.25) is 9.59 Å². The van der Waals surface area contributed by atoms with Gasteiger partial charge in [-0.05, 0) is 59.4 Å². The number of amides is 2. The van der Waals surface area contributed by atoms with Crippen molar-refractivity contribution in [2.45, 2.75) is 70.2 Å². The van der Waals surface area contributed by atoms with E-state index in [1.807, 2.05) is 20.8 Å². The predicted octanol–water partition coefficient (Wildman–Crippen LogP) is 7.24. The molecule has 3 aromatic rings. The largest absolute Gasteiger partial charge is 0.511 e. The van der Waals surface area contributed by atoms with E-state index in [1.54, 1.807) is 31.2 Å². The summed E-state index contributed by atoms with van der Waals surface area (Å²) in [5.74, 6) is -3.59. The lowest BCUT2D eigenvalue weighted by molar-refractivity contribution is -0.122. The molecule has 302 valence electrons. The fourth-order valence-corrected chi connectivity index (χ4v) is 7.59. The van der Waals surface area contributed by atoms with Crippen molar-refractivity contribution in [3.8, 4) is 5.75 Å². The van der Waals surface area contributed by atoms with E-state index >= 15 is 4.39 Å². The number of halogens is 3. The number of ether oxygens (including phenoxy) is 6. The van der Waals surface area contributed by atoms with Crippen LogP contribution in [0.25, 0.3) is 0 Å². The molecule has 5 rings (SSSR count). The van der Waals surface area contributed by atoms with Crippen LogP contribution in [-0.2, 0) is 38.7 Å². The average Bonchev–Trinajstić information content (AvgIpc) is 3.62. The second-order valence-corrected chi connectivity index (χ2v) is 15.4. The lowest BCUT2D eigenvalue weighted by Gasteiger charge is -2.37. The Kier molecular flexibility index (Phi) is 13.9. The highest BCUT2D eigenvalue weighted by molar-refractivity contribution is 6.31. The van der Waals surface area contributed by atoms with Crippen molar-refractivity contribution in [3.05, 3.63) is 87.2 Å². The van der Waals surface area contributed by atoms with Gasteiger partial charge in [0.05, 0.1) is 49.2 Å². The van der Waals surface area contributed by atoms with Gasteiger partial charge in [0, 0.05) is 36.2 Å². The number of hydrogen-bond donors (Lipinski definition) is 3. The molecule has 2 amide bonds. The zero-order valence-corrected chi connectivity index (χ0v) is 33.5. The molecule has 3 aromatic carbocycles. The number of fused-ring (bicyclic) bond motifs is 2. The molecule has 5 atom stereocenters. The maximum absolute atomic E-state index is 16.2. The predicted molar refractivity (Wildman–Crippen MR) is 207 cm³/mol. The van der Waals surface area contributed by atoms with Crippen LogP contribution < -0.4 is 20.7 Å². The van der Waals surface area contributed by atoms with Gasteiger partial charge in [0.15, 0.2) is 0 Å². The highest BCUT2D eigenvalue weighted by atomic mass is 35.5. The minimum absolute atomic E-state index is 0.0294. The number of rotatable bonds is 15. The van der Waals surface area contributed by atoms with Crippen LogP contribution in [0.5, 0.6) is 5.75 Å². The number of benzene rings is 3. The number of carbonyl (C=O) groups is 4. The molecular formula is C40H46Cl2FN3O10. The fraction of sp³-hybridized carbons (Fsp3) is 0.450. The molecule has 0 saturated carbocycles. The first-order chi connectivity index (χ1) is 26.6. The smallest absolute Gasteiger partial charge is 0.495 e. The number of carbonyl (C=O) groups excluding carboxylic acids is 4. The van der Waals surface area contributed by atoms with Gasteiger partial charge < -0.3 is 44.4 Å². The first kappa shape index (κ1) is 42.7. The third-order valence-electron chi connectivity index (χ3n) is 9.59. The summed E-state index contributed by atoms with van der Waals surface area (Å²) in [6, 6.07) is 11.9. The molecule has 1 fully saturated rings. The first-order valence-electron chi connectivity index (χ1n) is 18.1. The minimum atomic E-state index is -1.46. The Morgan fingerprint density at radius 2 is 1.73 bits per heavy atom. The third kappa shape index (κ3) is 9.21.